The Balaban J connectivity index is 2.39. The van der Waals surface area contributed by atoms with Crippen LogP contribution in [0, 0.1) is 0 Å². The zero-order valence-electron chi connectivity index (χ0n) is 9.39. The number of hydrogen-bond donors (Lipinski definition) is 2. The number of hydrogen-bond acceptors (Lipinski definition) is 5. The number of Topliss-reactive ketones (excluding diaryl/α,β-unsaturated/α-hetero) is 1. The van der Waals surface area contributed by atoms with Crippen molar-refractivity contribution in [1.82, 2.24) is 0 Å². The third kappa shape index (κ3) is 4.65. The van der Waals surface area contributed by atoms with E-state index in [0.29, 0.717) is 18.5 Å². The summed E-state index contributed by atoms with van der Waals surface area (Å²) in [6, 6.07) is 5.77. The van der Waals surface area contributed by atoms with Gasteiger partial charge in [-0.05, 0) is 37.2 Å². The molecule has 0 radical (unpaired) electrons. The van der Waals surface area contributed by atoms with Crippen molar-refractivity contribution in [3.05, 3.63) is 29.8 Å². The lowest BCUT2D eigenvalue weighted by molar-refractivity contribution is -0.142. The van der Waals surface area contributed by atoms with Gasteiger partial charge in [0.05, 0.1) is 0 Å². The molecular formula is C12H15NO4. The van der Waals surface area contributed by atoms with Gasteiger partial charge in [0.15, 0.2) is 12.4 Å². The predicted molar refractivity (Wildman–Crippen MR) is 61.7 cm³/mol. The highest BCUT2D eigenvalue weighted by Crippen LogP contribution is 2.10. The molecule has 3 N–H and O–H groups in total. The average Bonchev–Trinajstić information content (AvgIpc) is 2.34. The molecule has 0 aromatic heterocycles. The van der Waals surface area contributed by atoms with Crippen LogP contribution in [0.4, 0.5) is 0 Å². The van der Waals surface area contributed by atoms with Crippen LogP contribution in [0.3, 0.4) is 0 Å². The minimum absolute atomic E-state index is 0.0847. The van der Waals surface area contributed by atoms with Crippen LogP contribution in [-0.2, 0) is 9.53 Å². The molecule has 0 aliphatic rings. The molecule has 0 aliphatic heterocycles. The molecule has 1 rings (SSSR count). The summed E-state index contributed by atoms with van der Waals surface area (Å²) in [6.07, 6.45) is 0.769. The number of ether oxygens (including phenoxy) is 1. The number of phenols is 1. The van der Waals surface area contributed by atoms with Gasteiger partial charge in [0.25, 0.3) is 0 Å². The fraction of sp³-hybridized carbons (Fsp3) is 0.333. The molecule has 0 fully saturated rings. The number of carbonyl (C=O) groups excluding carboxylic acids is 2. The van der Waals surface area contributed by atoms with Gasteiger partial charge in [-0.1, -0.05) is 0 Å². The SMILES string of the molecule is NCCCC(=O)OCC(=O)c1ccc(O)cc1. The van der Waals surface area contributed by atoms with E-state index in [1.807, 2.05) is 0 Å². The molecule has 0 unspecified atom stereocenters. The highest BCUT2D eigenvalue weighted by Gasteiger charge is 2.09. The van der Waals surface area contributed by atoms with Crippen molar-refractivity contribution < 1.29 is 19.4 Å². The van der Waals surface area contributed by atoms with E-state index >= 15 is 0 Å². The van der Waals surface area contributed by atoms with E-state index in [4.69, 9.17) is 15.6 Å². The quantitative estimate of drug-likeness (QED) is 0.565. The standard InChI is InChI=1S/C12H15NO4/c13-7-1-2-12(16)17-8-11(15)9-3-5-10(14)6-4-9/h3-6,14H,1-2,7-8,13H2. The minimum Gasteiger partial charge on any atom is -0.508 e. The van der Waals surface area contributed by atoms with E-state index < -0.39 is 5.97 Å². The van der Waals surface area contributed by atoms with Crippen molar-refractivity contribution in [2.24, 2.45) is 5.73 Å². The normalized spacial score (nSPS) is 9.94. The Morgan fingerprint density at radius 3 is 2.47 bits per heavy atom. The second-order valence-electron chi connectivity index (χ2n) is 3.52. The fourth-order valence-corrected chi connectivity index (χ4v) is 1.20. The third-order valence-corrected chi connectivity index (χ3v) is 2.14. The lowest BCUT2D eigenvalue weighted by Crippen LogP contribution is -2.14. The maximum atomic E-state index is 11.6. The van der Waals surface area contributed by atoms with Crippen LogP contribution in [0.2, 0.25) is 0 Å². The first kappa shape index (κ1) is 13.2. The first-order chi connectivity index (χ1) is 8.13. The van der Waals surface area contributed by atoms with Crippen molar-refractivity contribution in [3.8, 4) is 5.75 Å². The smallest absolute Gasteiger partial charge is 0.306 e. The molecule has 17 heavy (non-hydrogen) atoms. The van der Waals surface area contributed by atoms with Gasteiger partial charge in [0, 0.05) is 12.0 Å². The van der Waals surface area contributed by atoms with Crippen molar-refractivity contribution in [2.45, 2.75) is 12.8 Å². The van der Waals surface area contributed by atoms with Crippen LogP contribution in [0.15, 0.2) is 24.3 Å². The molecule has 0 saturated carbocycles. The van der Waals surface area contributed by atoms with E-state index in [0.717, 1.165) is 0 Å². The maximum absolute atomic E-state index is 11.6. The topological polar surface area (TPSA) is 89.6 Å². The Bertz CT molecular complexity index is 386. The molecule has 0 saturated heterocycles. The Hall–Kier alpha value is -1.88. The van der Waals surface area contributed by atoms with Crippen LogP contribution in [0.5, 0.6) is 5.75 Å². The Morgan fingerprint density at radius 1 is 1.24 bits per heavy atom. The Morgan fingerprint density at radius 2 is 1.88 bits per heavy atom. The number of phenolic OH excluding ortho intramolecular Hbond substituents is 1. The number of benzene rings is 1. The van der Waals surface area contributed by atoms with Gasteiger partial charge in [-0.2, -0.15) is 0 Å². The van der Waals surface area contributed by atoms with Crippen LogP contribution in [-0.4, -0.2) is 30.0 Å². The van der Waals surface area contributed by atoms with E-state index in [1.54, 1.807) is 0 Å². The second-order valence-corrected chi connectivity index (χ2v) is 3.52. The van der Waals surface area contributed by atoms with E-state index in [1.165, 1.54) is 24.3 Å². The largest absolute Gasteiger partial charge is 0.508 e. The number of rotatable bonds is 6. The summed E-state index contributed by atoms with van der Waals surface area (Å²) >= 11 is 0. The monoisotopic (exact) mass is 237 g/mol. The van der Waals surface area contributed by atoms with Crippen molar-refractivity contribution in [1.29, 1.82) is 0 Å². The van der Waals surface area contributed by atoms with Gasteiger partial charge in [-0.15, -0.1) is 0 Å². The molecule has 0 bridgehead atoms. The van der Waals surface area contributed by atoms with Crippen LogP contribution in [0.1, 0.15) is 23.2 Å². The van der Waals surface area contributed by atoms with E-state index in [9.17, 15) is 9.59 Å². The van der Waals surface area contributed by atoms with Crippen LogP contribution in [0.25, 0.3) is 0 Å². The third-order valence-electron chi connectivity index (χ3n) is 2.14. The lowest BCUT2D eigenvalue weighted by Gasteiger charge is -2.03. The molecule has 5 heteroatoms. The number of carbonyl (C=O) groups is 2. The zero-order valence-corrected chi connectivity index (χ0v) is 9.39. The van der Waals surface area contributed by atoms with Crippen molar-refractivity contribution in [3.63, 3.8) is 0 Å². The molecule has 1 aromatic carbocycles. The molecular weight excluding hydrogens is 222 g/mol. The molecule has 1 aromatic rings. The molecule has 0 aliphatic carbocycles. The van der Waals surface area contributed by atoms with Gasteiger partial charge in [0.2, 0.25) is 0 Å². The summed E-state index contributed by atoms with van der Waals surface area (Å²) in [5, 5.41) is 9.05. The highest BCUT2D eigenvalue weighted by molar-refractivity contribution is 5.98. The average molecular weight is 237 g/mol. The minimum atomic E-state index is -0.428. The first-order valence-corrected chi connectivity index (χ1v) is 5.31. The summed E-state index contributed by atoms with van der Waals surface area (Å²) in [7, 11) is 0. The maximum Gasteiger partial charge on any atom is 0.306 e. The van der Waals surface area contributed by atoms with Gasteiger partial charge in [0.1, 0.15) is 5.75 Å². The molecule has 5 nitrogen and oxygen atoms in total. The lowest BCUT2D eigenvalue weighted by atomic mass is 10.1. The Labute approximate surface area is 99.2 Å². The molecule has 92 valence electrons. The van der Waals surface area contributed by atoms with Crippen LogP contribution < -0.4 is 5.73 Å². The second kappa shape index (κ2) is 6.65. The Kier molecular flexibility index (Phi) is 5.16. The summed E-state index contributed by atoms with van der Waals surface area (Å²) in [5.74, 6) is -0.643. The van der Waals surface area contributed by atoms with E-state index in [2.05, 4.69) is 0 Å². The molecule has 0 amide bonds. The summed E-state index contributed by atoms with van der Waals surface area (Å²) in [5.41, 5.74) is 5.64. The number of ketones is 1. The molecule has 0 spiro atoms. The number of esters is 1. The molecule has 0 atom stereocenters. The summed E-state index contributed by atoms with van der Waals surface area (Å²) < 4.78 is 4.78. The summed E-state index contributed by atoms with van der Waals surface area (Å²) in [6.45, 7) is 0.134. The van der Waals surface area contributed by atoms with Crippen LogP contribution >= 0.6 is 0 Å². The fourth-order valence-electron chi connectivity index (χ4n) is 1.20. The van der Waals surface area contributed by atoms with Gasteiger partial charge in [-0.25, -0.2) is 0 Å². The van der Waals surface area contributed by atoms with Gasteiger partial charge >= 0.3 is 5.97 Å². The molecule has 0 heterocycles. The van der Waals surface area contributed by atoms with Crippen molar-refractivity contribution >= 4 is 11.8 Å². The predicted octanol–water partition coefficient (Wildman–Crippen LogP) is 0.857. The van der Waals surface area contributed by atoms with Gasteiger partial charge in [-0.3, -0.25) is 9.59 Å². The van der Waals surface area contributed by atoms with Gasteiger partial charge < -0.3 is 15.6 Å². The summed E-state index contributed by atoms with van der Waals surface area (Å²) in [4.78, 5) is 22.7. The highest BCUT2D eigenvalue weighted by atomic mass is 16.5. The number of aromatic hydroxyl groups is 1. The first-order valence-electron chi connectivity index (χ1n) is 5.31. The zero-order chi connectivity index (χ0) is 12.7. The van der Waals surface area contributed by atoms with Crippen molar-refractivity contribution in [2.75, 3.05) is 13.2 Å². The number of nitrogens with two attached hydrogens (primary N) is 1. The van der Waals surface area contributed by atoms with E-state index in [-0.39, 0.29) is 24.6 Å².